The first-order valence-electron chi connectivity index (χ1n) is 6.04. The van der Waals surface area contributed by atoms with E-state index < -0.39 is 0 Å². The maximum Gasteiger partial charge on any atom is 0 e. The van der Waals surface area contributed by atoms with Gasteiger partial charge in [0.25, 0.3) is 0 Å². The van der Waals surface area contributed by atoms with Crippen LogP contribution >= 0.6 is 0 Å². The van der Waals surface area contributed by atoms with Crippen LogP contribution in [0.2, 0.25) is 0 Å². The van der Waals surface area contributed by atoms with Gasteiger partial charge in [0.15, 0.2) is 0 Å². The second kappa shape index (κ2) is 23.6. The predicted molar refractivity (Wildman–Crippen MR) is 84.1 cm³/mol. The summed E-state index contributed by atoms with van der Waals surface area (Å²) in [5.74, 6) is 0. The molecule has 0 unspecified atom stereocenters. The van der Waals surface area contributed by atoms with Crippen molar-refractivity contribution in [3.8, 4) is 0 Å². The zero-order valence-corrected chi connectivity index (χ0v) is 12.8. The highest BCUT2D eigenvalue weighted by molar-refractivity contribution is 5.33. The highest BCUT2D eigenvalue weighted by Crippen LogP contribution is 2.11. The summed E-state index contributed by atoms with van der Waals surface area (Å²) >= 11 is 0. The van der Waals surface area contributed by atoms with Crippen molar-refractivity contribution in [3.63, 3.8) is 0 Å². The van der Waals surface area contributed by atoms with E-state index in [0.29, 0.717) is 0 Å². The second-order valence-electron chi connectivity index (χ2n) is 2.70. The lowest BCUT2D eigenvalue weighted by atomic mass is 10.1. The Morgan fingerprint density at radius 3 is 1.25 bits per heavy atom. The van der Waals surface area contributed by atoms with E-state index in [2.05, 4.69) is 26.7 Å². The van der Waals surface area contributed by atoms with Crippen LogP contribution in [0.5, 0.6) is 0 Å². The normalized spacial score (nSPS) is 8.50. The van der Waals surface area contributed by atoms with E-state index in [4.69, 9.17) is 0 Å². The molecule has 0 spiro atoms. The summed E-state index contributed by atoms with van der Waals surface area (Å²) in [6.07, 6.45) is 3.60. The van der Waals surface area contributed by atoms with Crippen molar-refractivity contribution in [2.24, 2.45) is 0 Å². The molecule has 0 amide bonds. The molecule has 0 atom stereocenters. The quantitative estimate of drug-likeness (QED) is 0.369. The summed E-state index contributed by atoms with van der Waals surface area (Å²) in [5.41, 5.74) is 3.57. The van der Waals surface area contributed by atoms with E-state index in [9.17, 15) is 0 Å². The van der Waals surface area contributed by atoms with Gasteiger partial charge in [-0.2, -0.15) is 0 Å². The van der Waals surface area contributed by atoms with Crippen LogP contribution in [0.25, 0.3) is 0 Å². The maximum atomic E-state index is 3.82. The van der Waals surface area contributed by atoms with Crippen LogP contribution < -0.4 is 0 Å². The van der Waals surface area contributed by atoms with Gasteiger partial charge in [-0.05, 0) is 38.8 Å². The summed E-state index contributed by atoms with van der Waals surface area (Å²) in [7, 11) is 0. The van der Waals surface area contributed by atoms with E-state index in [1.165, 1.54) is 11.1 Å². The van der Waals surface area contributed by atoms with Gasteiger partial charge in [-0.25, -0.2) is 0 Å². The van der Waals surface area contributed by atoms with Gasteiger partial charge in [0.05, 0.1) is 0 Å². The SMILES string of the molecule is C=C/C(C)=C(/C)C(=C)C.C=CC.CC.CC.[HH]. The molecule has 0 rings (SSSR count). The lowest BCUT2D eigenvalue weighted by molar-refractivity contribution is 1.29. The third-order valence-electron chi connectivity index (χ3n) is 1.54. The number of allylic oxidation sites excluding steroid dienone is 5. The summed E-state index contributed by atoms with van der Waals surface area (Å²) in [6, 6.07) is 0. The first-order chi connectivity index (χ1) is 7.51. The average Bonchev–Trinajstić information content (AvgIpc) is 2.33. The van der Waals surface area contributed by atoms with E-state index in [1.807, 2.05) is 54.5 Å². The number of hydrogen-bond acceptors (Lipinski definition) is 0. The van der Waals surface area contributed by atoms with Crippen LogP contribution in [0, 0.1) is 0 Å². The molecular formula is C16H34. The van der Waals surface area contributed by atoms with E-state index in [-0.39, 0.29) is 1.43 Å². The molecule has 0 aliphatic heterocycles. The van der Waals surface area contributed by atoms with Crippen LogP contribution in [-0.4, -0.2) is 0 Å². The van der Waals surface area contributed by atoms with Crippen LogP contribution in [0.1, 0.15) is 56.8 Å². The summed E-state index contributed by atoms with van der Waals surface area (Å²) in [6.45, 7) is 26.8. The summed E-state index contributed by atoms with van der Waals surface area (Å²) in [4.78, 5) is 0. The Labute approximate surface area is 106 Å². The number of hydrogen-bond donors (Lipinski definition) is 0. The Kier molecular flexibility index (Phi) is 35.9. The minimum absolute atomic E-state index is 0. The van der Waals surface area contributed by atoms with Crippen LogP contribution in [0.3, 0.4) is 0 Å². The zero-order chi connectivity index (χ0) is 14.1. The van der Waals surface area contributed by atoms with Crippen molar-refractivity contribution >= 4 is 0 Å². The minimum Gasteiger partial charge on any atom is -0.103 e. The largest absolute Gasteiger partial charge is 0.103 e. The number of rotatable bonds is 2. The zero-order valence-electron chi connectivity index (χ0n) is 12.8. The fourth-order valence-corrected chi connectivity index (χ4v) is 0.490. The molecule has 0 bridgehead atoms. The first kappa shape index (κ1) is 24.3. The molecule has 0 aliphatic carbocycles. The third-order valence-corrected chi connectivity index (χ3v) is 1.54. The van der Waals surface area contributed by atoms with E-state index in [0.717, 1.165) is 5.57 Å². The Hall–Kier alpha value is -1.04. The van der Waals surface area contributed by atoms with Gasteiger partial charge in [0.1, 0.15) is 0 Å². The molecule has 0 heterocycles. The van der Waals surface area contributed by atoms with Gasteiger partial charge in [0, 0.05) is 1.43 Å². The molecule has 0 aliphatic rings. The Balaban J connectivity index is -0.0000000510. The van der Waals surface area contributed by atoms with Gasteiger partial charge >= 0.3 is 0 Å². The summed E-state index contributed by atoms with van der Waals surface area (Å²) < 4.78 is 0. The Morgan fingerprint density at radius 2 is 1.19 bits per heavy atom. The fraction of sp³-hybridized carbons (Fsp3) is 0.500. The first-order valence-corrected chi connectivity index (χ1v) is 6.04. The lowest BCUT2D eigenvalue weighted by Crippen LogP contribution is -1.80. The molecule has 98 valence electrons. The molecule has 0 aromatic carbocycles. The maximum absolute atomic E-state index is 3.82. The van der Waals surface area contributed by atoms with Crippen LogP contribution in [-0.2, 0) is 0 Å². The van der Waals surface area contributed by atoms with Gasteiger partial charge in [-0.3, -0.25) is 0 Å². The predicted octanol–water partition coefficient (Wildman–Crippen LogP) is 6.58. The summed E-state index contributed by atoms with van der Waals surface area (Å²) in [5, 5.41) is 0. The van der Waals surface area contributed by atoms with Gasteiger partial charge in [-0.15, -0.1) is 6.58 Å². The monoisotopic (exact) mass is 226 g/mol. The molecule has 0 nitrogen and oxygen atoms in total. The van der Waals surface area contributed by atoms with Crippen molar-refractivity contribution < 1.29 is 1.43 Å². The Bertz CT molecular complexity index is 198. The van der Waals surface area contributed by atoms with Crippen molar-refractivity contribution in [1.82, 2.24) is 0 Å². The molecule has 0 aromatic rings. The molecule has 0 saturated heterocycles. The van der Waals surface area contributed by atoms with E-state index in [1.54, 1.807) is 6.08 Å². The van der Waals surface area contributed by atoms with Crippen LogP contribution in [0.4, 0.5) is 0 Å². The third kappa shape index (κ3) is 23.1. The van der Waals surface area contributed by atoms with Crippen molar-refractivity contribution in [2.75, 3.05) is 0 Å². The minimum atomic E-state index is 0. The molecule has 16 heavy (non-hydrogen) atoms. The molecule has 0 aromatic heterocycles. The topological polar surface area (TPSA) is 0 Å². The van der Waals surface area contributed by atoms with Gasteiger partial charge in [0.2, 0.25) is 0 Å². The molecular weight excluding hydrogens is 192 g/mol. The molecule has 0 saturated carbocycles. The van der Waals surface area contributed by atoms with Crippen molar-refractivity contribution in [2.45, 2.75) is 55.4 Å². The molecule has 0 N–H and O–H groups in total. The van der Waals surface area contributed by atoms with Gasteiger partial charge < -0.3 is 0 Å². The highest BCUT2D eigenvalue weighted by atomic mass is 14.0. The fourth-order valence-electron chi connectivity index (χ4n) is 0.490. The lowest BCUT2D eigenvalue weighted by Gasteiger charge is -2.00. The van der Waals surface area contributed by atoms with Gasteiger partial charge in [-0.1, -0.05) is 58.6 Å². The van der Waals surface area contributed by atoms with Crippen molar-refractivity contribution in [3.05, 3.63) is 48.6 Å². The molecule has 0 fully saturated rings. The smallest absolute Gasteiger partial charge is 0 e. The highest BCUT2D eigenvalue weighted by Gasteiger charge is 1.90. The molecule has 0 heteroatoms. The van der Waals surface area contributed by atoms with Crippen molar-refractivity contribution in [1.29, 1.82) is 0 Å². The second-order valence-corrected chi connectivity index (χ2v) is 2.70. The Morgan fingerprint density at radius 1 is 0.938 bits per heavy atom. The molecule has 0 radical (unpaired) electrons. The standard InChI is InChI=1S/C9H14.C3H6.2C2H6.H2/c1-6-8(4)9(5)7(2)3;1-3-2;2*1-2;/h6H,1-2H2,3-5H3;3H,1H2,2H3;2*1-2H3;1H/b9-8-;;;;. The van der Waals surface area contributed by atoms with E-state index >= 15 is 0 Å². The van der Waals surface area contributed by atoms with Crippen LogP contribution in [0.15, 0.2) is 48.6 Å². The average molecular weight is 226 g/mol.